The second kappa shape index (κ2) is 8.15. The van der Waals surface area contributed by atoms with E-state index in [1.165, 1.54) is 17.5 Å². The zero-order valence-electron chi connectivity index (χ0n) is 12.5. The SMILES string of the molecule is COCCN(C(C)C)S(=O)(=O)c1ccccc1C#CCO. The summed E-state index contributed by atoms with van der Waals surface area (Å²) in [5, 5.41) is 8.78. The molecule has 0 spiro atoms. The van der Waals surface area contributed by atoms with Crippen molar-refractivity contribution in [2.45, 2.75) is 24.8 Å². The van der Waals surface area contributed by atoms with E-state index in [-0.39, 0.29) is 24.1 Å². The summed E-state index contributed by atoms with van der Waals surface area (Å²) in [7, 11) is -2.13. The third-order valence-corrected chi connectivity index (χ3v) is 5.00. The van der Waals surface area contributed by atoms with Gasteiger partial charge in [-0.05, 0) is 26.0 Å². The fourth-order valence-electron chi connectivity index (χ4n) is 1.89. The summed E-state index contributed by atoms with van der Waals surface area (Å²) in [4.78, 5) is 0.149. The van der Waals surface area contributed by atoms with Crippen LogP contribution in [0.5, 0.6) is 0 Å². The minimum Gasteiger partial charge on any atom is -0.384 e. The van der Waals surface area contributed by atoms with E-state index in [0.717, 1.165) is 0 Å². The largest absolute Gasteiger partial charge is 0.384 e. The molecule has 21 heavy (non-hydrogen) atoms. The predicted molar refractivity (Wildman–Crippen MR) is 81.3 cm³/mol. The number of rotatable bonds is 6. The number of ether oxygens (including phenoxy) is 1. The molecule has 0 unspecified atom stereocenters. The Morgan fingerprint density at radius 1 is 1.33 bits per heavy atom. The molecule has 0 bridgehead atoms. The number of hydrogen-bond donors (Lipinski definition) is 1. The number of sulfonamides is 1. The molecule has 116 valence electrons. The molecule has 0 atom stereocenters. The van der Waals surface area contributed by atoms with Crippen LogP contribution in [0.4, 0.5) is 0 Å². The van der Waals surface area contributed by atoms with Crippen molar-refractivity contribution < 1.29 is 18.3 Å². The lowest BCUT2D eigenvalue weighted by atomic mass is 10.2. The summed E-state index contributed by atoms with van der Waals surface area (Å²) in [6, 6.07) is 6.34. The van der Waals surface area contributed by atoms with Crippen LogP contribution in [0, 0.1) is 11.8 Å². The number of aliphatic hydroxyl groups excluding tert-OH is 1. The maximum atomic E-state index is 12.8. The van der Waals surface area contributed by atoms with Gasteiger partial charge in [0.1, 0.15) is 6.61 Å². The zero-order chi connectivity index (χ0) is 15.9. The van der Waals surface area contributed by atoms with Crippen LogP contribution in [-0.2, 0) is 14.8 Å². The molecular weight excluding hydrogens is 290 g/mol. The number of hydrogen-bond acceptors (Lipinski definition) is 4. The van der Waals surface area contributed by atoms with E-state index < -0.39 is 10.0 Å². The van der Waals surface area contributed by atoms with Crippen molar-refractivity contribution in [1.82, 2.24) is 4.31 Å². The van der Waals surface area contributed by atoms with Crippen LogP contribution in [0.25, 0.3) is 0 Å². The number of nitrogens with zero attached hydrogens (tertiary/aromatic N) is 1. The fraction of sp³-hybridized carbons (Fsp3) is 0.467. The van der Waals surface area contributed by atoms with Gasteiger partial charge in [0, 0.05) is 25.3 Å². The van der Waals surface area contributed by atoms with Crippen molar-refractivity contribution in [1.29, 1.82) is 0 Å². The Morgan fingerprint density at radius 2 is 2.00 bits per heavy atom. The highest BCUT2D eigenvalue weighted by atomic mass is 32.2. The maximum absolute atomic E-state index is 12.8. The number of benzene rings is 1. The molecule has 1 aromatic carbocycles. The Kier molecular flexibility index (Phi) is 6.85. The van der Waals surface area contributed by atoms with Crippen LogP contribution >= 0.6 is 0 Å². The van der Waals surface area contributed by atoms with Gasteiger partial charge in [0.05, 0.1) is 11.5 Å². The molecule has 0 aliphatic rings. The van der Waals surface area contributed by atoms with Crippen molar-refractivity contribution in [2.24, 2.45) is 0 Å². The van der Waals surface area contributed by atoms with Crippen molar-refractivity contribution in [3.63, 3.8) is 0 Å². The first-order valence-corrected chi connectivity index (χ1v) is 8.08. The Balaban J connectivity index is 3.28. The summed E-state index contributed by atoms with van der Waals surface area (Å²) in [5.41, 5.74) is 0.384. The van der Waals surface area contributed by atoms with Crippen molar-refractivity contribution in [3.8, 4) is 11.8 Å². The first-order chi connectivity index (χ1) is 9.95. The van der Waals surface area contributed by atoms with E-state index in [2.05, 4.69) is 11.8 Å². The van der Waals surface area contributed by atoms with Crippen molar-refractivity contribution >= 4 is 10.0 Å². The Morgan fingerprint density at radius 3 is 2.57 bits per heavy atom. The lowest BCUT2D eigenvalue weighted by Gasteiger charge is -2.26. The molecule has 0 aliphatic heterocycles. The van der Waals surface area contributed by atoms with Crippen LogP contribution in [0.15, 0.2) is 29.2 Å². The van der Waals surface area contributed by atoms with Crippen LogP contribution in [0.2, 0.25) is 0 Å². The van der Waals surface area contributed by atoms with Crippen LogP contribution < -0.4 is 0 Å². The Bertz CT molecular complexity index is 614. The molecular formula is C15H21NO4S. The van der Waals surface area contributed by atoms with E-state index in [1.54, 1.807) is 18.2 Å². The molecule has 0 amide bonds. The van der Waals surface area contributed by atoms with Gasteiger partial charge in [-0.15, -0.1) is 0 Å². The molecule has 6 heteroatoms. The topological polar surface area (TPSA) is 66.8 Å². The molecule has 0 heterocycles. The van der Waals surface area contributed by atoms with Gasteiger partial charge in [-0.25, -0.2) is 8.42 Å². The van der Waals surface area contributed by atoms with Crippen LogP contribution in [-0.4, -0.2) is 50.7 Å². The van der Waals surface area contributed by atoms with Gasteiger partial charge in [0.25, 0.3) is 0 Å². The number of aliphatic hydroxyl groups is 1. The third kappa shape index (κ3) is 4.55. The minimum atomic E-state index is -3.66. The van der Waals surface area contributed by atoms with Gasteiger partial charge in [0.2, 0.25) is 10.0 Å². The first kappa shape index (κ1) is 17.7. The zero-order valence-corrected chi connectivity index (χ0v) is 13.4. The second-order valence-corrected chi connectivity index (χ2v) is 6.52. The van der Waals surface area contributed by atoms with Gasteiger partial charge in [0.15, 0.2) is 0 Å². The highest BCUT2D eigenvalue weighted by Gasteiger charge is 2.28. The smallest absolute Gasteiger partial charge is 0.244 e. The van der Waals surface area contributed by atoms with Gasteiger partial charge in [-0.3, -0.25) is 0 Å². The van der Waals surface area contributed by atoms with Crippen LogP contribution in [0.3, 0.4) is 0 Å². The number of methoxy groups -OCH3 is 1. The molecule has 0 radical (unpaired) electrons. The summed E-state index contributed by atoms with van der Waals surface area (Å²) < 4.78 is 32.0. The normalized spacial score (nSPS) is 11.5. The average Bonchev–Trinajstić information content (AvgIpc) is 2.45. The summed E-state index contributed by atoms with van der Waals surface area (Å²) in [6.45, 7) is 3.91. The maximum Gasteiger partial charge on any atom is 0.244 e. The highest BCUT2D eigenvalue weighted by molar-refractivity contribution is 7.89. The highest BCUT2D eigenvalue weighted by Crippen LogP contribution is 2.21. The van der Waals surface area contributed by atoms with E-state index in [4.69, 9.17) is 9.84 Å². The third-order valence-electron chi connectivity index (χ3n) is 2.87. The fourth-order valence-corrected chi connectivity index (χ4v) is 3.66. The van der Waals surface area contributed by atoms with E-state index in [9.17, 15) is 8.42 Å². The molecule has 0 aromatic heterocycles. The molecule has 0 saturated heterocycles. The quantitative estimate of drug-likeness (QED) is 0.798. The first-order valence-electron chi connectivity index (χ1n) is 6.64. The standard InChI is InChI=1S/C15H21NO4S/c1-13(2)16(10-12-20-3)21(18,19)15-9-5-4-7-14(15)8-6-11-17/h4-5,7,9,13,17H,10-12H2,1-3H3. The molecule has 1 rings (SSSR count). The lowest BCUT2D eigenvalue weighted by molar-refractivity contribution is 0.171. The van der Waals surface area contributed by atoms with Gasteiger partial charge < -0.3 is 9.84 Å². The molecule has 1 N–H and O–H groups in total. The van der Waals surface area contributed by atoms with Gasteiger partial charge in [-0.2, -0.15) is 4.31 Å². The van der Waals surface area contributed by atoms with E-state index in [0.29, 0.717) is 12.2 Å². The Labute approximate surface area is 126 Å². The van der Waals surface area contributed by atoms with Gasteiger partial charge >= 0.3 is 0 Å². The van der Waals surface area contributed by atoms with E-state index in [1.807, 2.05) is 13.8 Å². The summed E-state index contributed by atoms with van der Waals surface area (Å²) >= 11 is 0. The minimum absolute atomic E-state index is 0.149. The average molecular weight is 311 g/mol. The predicted octanol–water partition coefficient (Wildman–Crippen LogP) is 1.08. The second-order valence-electron chi connectivity index (χ2n) is 4.66. The molecule has 0 aliphatic carbocycles. The molecule has 5 nitrogen and oxygen atoms in total. The summed E-state index contributed by atoms with van der Waals surface area (Å²) in [5.74, 6) is 5.17. The molecule has 0 fully saturated rings. The van der Waals surface area contributed by atoms with Crippen molar-refractivity contribution in [2.75, 3.05) is 26.9 Å². The summed E-state index contributed by atoms with van der Waals surface area (Å²) in [6.07, 6.45) is 0. The van der Waals surface area contributed by atoms with Gasteiger partial charge in [-0.1, -0.05) is 24.0 Å². The van der Waals surface area contributed by atoms with Crippen molar-refractivity contribution in [3.05, 3.63) is 29.8 Å². The monoisotopic (exact) mass is 311 g/mol. The Hall–Kier alpha value is -1.39. The molecule has 0 saturated carbocycles. The molecule has 1 aromatic rings. The van der Waals surface area contributed by atoms with E-state index >= 15 is 0 Å². The van der Waals surface area contributed by atoms with Crippen LogP contribution in [0.1, 0.15) is 19.4 Å². The lowest BCUT2D eigenvalue weighted by Crippen LogP contribution is -2.39.